The lowest BCUT2D eigenvalue weighted by molar-refractivity contribution is 0.693. The molecule has 2 radical (unpaired) electrons. The molecule has 0 N–H and O–H groups in total. The molecule has 0 spiro atoms. The second kappa shape index (κ2) is 5.98. The summed E-state index contributed by atoms with van der Waals surface area (Å²) in [5.41, 5.74) is 6.73. The highest BCUT2D eigenvalue weighted by molar-refractivity contribution is 7.46. The van der Waals surface area contributed by atoms with E-state index in [1.165, 1.54) is 51.4 Å². The van der Waals surface area contributed by atoms with Crippen LogP contribution in [0.15, 0.2) is 44.8 Å². The van der Waals surface area contributed by atoms with Crippen LogP contribution in [0.25, 0.3) is 0 Å². The van der Waals surface area contributed by atoms with Crippen LogP contribution in [0, 0.1) is 12.8 Å². The van der Waals surface area contributed by atoms with E-state index in [9.17, 15) is 0 Å². The first kappa shape index (κ1) is 16.8. The monoisotopic (exact) mass is 352 g/mol. The largest absolute Gasteiger partial charge is 0.0749 e. The summed E-state index contributed by atoms with van der Waals surface area (Å²) in [6, 6.07) is 0. The van der Waals surface area contributed by atoms with Crippen LogP contribution in [0.5, 0.6) is 0 Å². The SMILES string of the molecule is C[Si](C)(C1=CC2=C([CH]1)CCCC2)[Si](C)(C)C1=CC2=C([CH]1)CCCC2. The third-order valence-electron chi connectivity index (χ3n) is 7.43. The molecule has 0 unspecified atom stereocenters. The van der Waals surface area contributed by atoms with Gasteiger partial charge in [0.15, 0.2) is 0 Å². The van der Waals surface area contributed by atoms with Gasteiger partial charge >= 0.3 is 0 Å². The van der Waals surface area contributed by atoms with Crippen LogP contribution in [0.2, 0.25) is 26.2 Å². The van der Waals surface area contributed by atoms with Gasteiger partial charge in [-0.05, 0) is 62.5 Å². The van der Waals surface area contributed by atoms with E-state index in [0.717, 1.165) is 0 Å². The summed E-state index contributed by atoms with van der Waals surface area (Å²) in [6.07, 6.45) is 21.4. The van der Waals surface area contributed by atoms with Crippen molar-refractivity contribution in [3.63, 3.8) is 0 Å². The molecule has 4 aliphatic rings. The van der Waals surface area contributed by atoms with E-state index in [4.69, 9.17) is 0 Å². The third kappa shape index (κ3) is 2.61. The first-order chi connectivity index (χ1) is 11.4. The topological polar surface area (TPSA) is 0 Å². The van der Waals surface area contributed by atoms with Gasteiger partial charge in [0.05, 0.1) is 15.2 Å². The average Bonchev–Trinajstić information content (AvgIpc) is 3.19. The van der Waals surface area contributed by atoms with Crippen LogP contribution in [0.4, 0.5) is 0 Å². The van der Waals surface area contributed by atoms with Crippen molar-refractivity contribution in [1.29, 1.82) is 0 Å². The van der Waals surface area contributed by atoms with Crippen LogP contribution in [-0.2, 0) is 0 Å². The number of hydrogen-bond donors (Lipinski definition) is 0. The van der Waals surface area contributed by atoms with Crippen molar-refractivity contribution in [3.8, 4) is 0 Å². The van der Waals surface area contributed by atoms with Crippen molar-refractivity contribution in [2.24, 2.45) is 0 Å². The van der Waals surface area contributed by atoms with Crippen molar-refractivity contribution >= 4 is 15.2 Å². The molecule has 0 aromatic rings. The summed E-state index contributed by atoms with van der Waals surface area (Å²) >= 11 is 0. The van der Waals surface area contributed by atoms with E-state index >= 15 is 0 Å². The van der Waals surface area contributed by atoms with Gasteiger partial charge in [-0.3, -0.25) is 0 Å². The smallest absolute Gasteiger partial charge is 0.0745 e. The van der Waals surface area contributed by atoms with Crippen molar-refractivity contribution in [1.82, 2.24) is 0 Å². The van der Waals surface area contributed by atoms with Gasteiger partial charge in [0, 0.05) is 12.8 Å². The first-order valence-corrected chi connectivity index (χ1v) is 17.0. The molecule has 4 aliphatic carbocycles. The lowest BCUT2D eigenvalue weighted by Gasteiger charge is -2.41. The molecular formula is C22H32Si2. The average molecular weight is 353 g/mol. The molecule has 0 aliphatic heterocycles. The molecule has 0 fully saturated rings. The van der Waals surface area contributed by atoms with Crippen molar-refractivity contribution in [2.75, 3.05) is 0 Å². The van der Waals surface area contributed by atoms with Crippen molar-refractivity contribution in [2.45, 2.75) is 77.6 Å². The van der Waals surface area contributed by atoms with Gasteiger partial charge in [0.1, 0.15) is 0 Å². The van der Waals surface area contributed by atoms with Gasteiger partial charge in [-0.25, -0.2) is 0 Å². The van der Waals surface area contributed by atoms with Crippen LogP contribution < -0.4 is 0 Å². The lowest BCUT2D eigenvalue weighted by Crippen LogP contribution is -2.57. The van der Waals surface area contributed by atoms with Crippen molar-refractivity contribution in [3.05, 3.63) is 57.7 Å². The summed E-state index contributed by atoms with van der Waals surface area (Å²) in [5.74, 6) is 0. The summed E-state index contributed by atoms with van der Waals surface area (Å²) < 4.78 is 0. The van der Waals surface area contributed by atoms with Crippen LogP contribution in [0.3, 0.4) is 0 Å². The minimum atomic E-state index is -1.44. The maximum atomic E-state index is 2.66. The van der Waals surface area contributed by atoms with E-state index in [2.05, 4.69) is 51.2 Å². The van der Waals surface area contributed by atoms with Gasteiger partial charge in [-0.1, -0.05) is 59.9 Å². The van der Waals surface area contributed by atoms with Crippen LogP contribution in [0.1, 0.15) is 51.4 Å². The maximum absolute atomic E-state index is 2.66. The van der Waals surface area contributed by atoms with Gasteiger partial charge < -0.3 is 0 Å². The molecule has 0 nitrogen and oxygen atoms in total. The number of hydrogen-bond acceptors (Lipinski definition) is 0. The van der Waals surface area contributed by atoms with Gasteiger partial charge in [-0.2, -0.15) is 0 Å². The molecular weight excluding hydrogens is 320 g/mol. The van der Waals surface area contributed by atoms with Gasteiger partial charge in [-0.15, -0.1) is 0 Å². The molecule has 128 valence electrons. The van der Waals surface area contributed by atoms with Gasteiger partial charge in [0.2, 0.25) is 0 Å². The molecule has 0 saturated carbocycles. The molecule has 0 bridgehead atoms. The Bertz CT molecular complexity index is 623. The Labute approximate surface area is 150 Å². The molecule has 0 amide bonds. The standard InChI is InChI=1S/C22H32Si2/c1-23(2,21-13-17-9-5-6-10-18(17)14-21)24(3,4)22-15-19-11-7-8-12-20(19)16-22/h13-16H,5-12H2,1-4H3. The second-order valence-corrected chi connectivity index (χ2v) is 24.4. The normalized spacial score (nSPS) is 24.8. The van der Waals surface area contributed by atoms with E-state index in [0.29, 0.717) is 0 Å². The van der Waals surface area contributed by atoms with E-state index < -0.39 is 15.2 Å². The fraction of sp³-hybridized carbons (Fsp3) is 0.545. The van der Waals surface area contributed by atoms with Gasteiger partial charge in [0.25, 0.3) is 0 Å². The highest BCUT2D eigenvalue weighted by atomic mass is 29.3. The molecule has 24 heavy (non-hydrogen) atoms. The summed E-state index contributed by atoms with van der Waals surface area (Å²) in [5, 5.41) is 3.51. The first-order valence-electron chi connectivity index (χ1n) is 9.97. The zero-order chi connectivity index (χ0) is 16.9. The lowest BCUT2D eigenvalue weighted by atomic mass is 9.94. The molecule has 0 saturated heterocycles. The summed E-state index contributed by atoms with van der Waals surface area (Å²) in [7, 11) is -2.88. The molecule has 4 rings (SSSR count). The Morgan fingerprint density at radius 2 is 0.875 bits per heavy atom. The van der Waals surface area contributed by atoms with E-state index in [1.54, 1.807) is 32.7 Å². The molecule has 0 atom stereocenters. The third-order valence-corrected chi connectivity index (χ3v) is 25.1. The predicted octanol–water partition coefficient (Wildman–Crippen LogP) is 6.59. The number of rotatable bonds is 3. The predicted molar refractivity (Wildman–Crippen MR) is 111 cm³/mol. The highest BCUT2D eigenvalue weighted by Gasteiger charge is 2.48. The minimum Gasteiger partial charge on any atom is -0.0749 e. The second-order valence-electron chi connectivity index (χ2n) is 9.25. The Morgan fingerprint density at radius 1 is 0.542 bits per heavy atom. The Morgan fingerprint density at radius 3 is 1.21 bits per heavy atom. The van der Waals surface area contributed by atoms with Crippen LogP contribution >= 0.6 is 0 Å². The Hall–Kier alpha value is -0.606. The zero-order valence-electron chi connectivity index (χ0n) is 16.0. The Balaban J connectivity index is 1.58. The maximum Gasteiger partial charge on any atom is 0.0745 e. The fourth-order valence-electron chi connectivity index (χ4n) is 4.84. The van der Waals surface area contributed by atoms with E-state index in [-0.39, 0.29) is 0 Å². The zero-order valence-corrected chi connectivity index (χ0v) is 18.0. The molecule has 0 heterocycles. The quantitative estimate of drug-likeness (QED) is 0.503. The molecule has 0 aromatic carbocycles. The van der Waals surface area contributed by atoms with Crippen molar-refractivity contribution < 1.29 is 0 Å². The minimum absolute atomic E-state index is 1.33. The fourth-order valence-corrected chi connectivity index (χ4v) is 13.6. The van der Waals surface area contributed by atoms with E-state index in [1.807, 2.05) is 0 Å². The summed E-state index contributed by atoms with van der Waals surface area (Å²) in [4.78, 5) is 0. The molecule has 0 aromatic heterocycles. The highest BCUT2D eigenvalue weighted by Crippen LogP contribution is 2.46. The molecule has 2 heteroatoms. The number of allylic oxidation sites excluding steroid dienone is 8. The van der Waals surface area contributed by atoms with Crippen LogP contribution in [-0.4, -0.2) is 15.2 Å². The Kier molecular flexibility index (Phi) is 4.20. The summed E-state index contributed by atoms with van der Waals surface area (Å²) in [6.45, 7) is 10.6.